The Morgan fingerprint density at radius 1 is 1.21 bits per heavy atom. The molecule has 6 heteroatoms. The van der Waals surface area contributed by atoms with Crippen LogP contribution in [-0.2, 0) is 11.3 Å². The fourth-order valence-corrected chi connectivity index (χ4v) is 3.93. The Bertz CT molecular complexity index is 1060. The first-order chi connectivity index (χ1) is 13.5. The summed E-state index contributed by atoms with van der Waals surface area (Å²) in [6, 6.07) is 12.4. The van der Waals surface area contributed by atoms with E-state index in [1.807, 2.05) is 31.3 Å². The average Bonchev–Trinajstić information content (AvgIpc) is 2.72. The summed E-state index contributed by atoms with van der Waals surface area (Å²) in [6.07, 6.45) is 0. The van der Waals surface area contributed by atoms with E-state index >= 15 is 0 Å². The van der Waals surface area contributed by atoms with Gasteiger partial charge in [-0.2, -0.15) is 0 Å². The van der Waals surface area contributed by atoms with Crippen LogP contribution in [0.1, 0.15) is 35.8 Å². The standard InChI is InChI=1S/C22H23FN2O3/c1-13(14-4-7-16(27-3)8-5-14)25(2)20-12-28-11-19-21(20)17-9-6-15(23)10-18(17)22(26)24-19/h4-10,13,20H,11-12H2,1-3H3,(H,24,26)/t13-,20-/m1/s1. The molecule has 0 bridgehead atoms. The van der Waals surface area contributed by atoms with E-state index in [0.717, 1.165) is 28.0 Å². The van der Waals surface area contributed by atoms with Crippen LogP contribution in [0.5, 0.6) is 5.75 Å². The van der Waals surface area contributed by atoms with Crippen molar-refractivity contribution < 1.29 is 13.9 Å². The van der Waals surface area contributed by atoms with Crippen molar-refractivity contribution in [2.45, 2.75) is 25.6 Å². The molecule has 146 valence electrons. The molecule has 0 unspecified atom stereocenters. The van der Waals surface area contributed by atoms with Crippen molar-refractivity contribution in [3.05, 3.63) is 75.5 Å². The maximum Gasteiger partial charge on any atom is 0.256 e. The molecule has 0 amide bonds. The lowest BCUT2D eigenvalue weighted by atomic mass is 9.94. The summed E-state index contributed by atoms with van der Waals surface area (Å²) < 4.78 is 24.7. The van der Waals surface area contributed by atoms with E-state index < -0.39 is 5.82 Å². The van der Waals surface area contributed by atoms with Crippen molar-refractivity contribution in [1.82, 2.24) is 9.88 Å². The molecule has 0 spiro atoms. The lowest BCUT2D eigenvalue weighted by Gasteiger charge is -2.37. The Morgan fingerprint density at radius 3 is 2.68 bits per heavy atom. The number of likely N-dealkylation sites (N-methyl/N-ethyl adjacent to an activating group) is 1. The van der Waals surface area contributed by atoms with E-state index in [0.29, 0.717) is 18.6 Å². The van der Waals surface area contributed by atoms with Crippen molar-refractivity contribution in [3.63, 3.8) is 0 Å². The predicted molar refractivity (Wildman–Crippen MR) is 106 cm³/mol. The SMILES string of the molecule is COc1ccc([C@@H](C)N(C)[C@@H]2COCc3[nH]c(=O)c4cc(F)ccc4c32)cc1. The molecule has 2 atom stereocenters. The second-order valence-electron chi connectivity index (χ2n) is 7.18. The maximum atomic E-state index is 13.7. The third kappa shape index (κ3) is 3.19. The number of nitrogens with one attached hydrogen (secondary N) is 1. The zero-order valence-electron chi connectivity index (χ0n) is 16.2. The Balaban J connectivity index is 1.76. The molecule has 5 nitrogen and oxygen atoms in total. The minimum atomic E-state index is -0.415. The van der Waals surface area contributed by atoms with Crippen molar-refractivity contribution in [2.24, 2.45) is 0 Å². The van der Waals surface area contributed by atoms with Crippen molar-refractivity contribution >= 4 is 10.8 Å². The quantitative estimate of drug-likeness (QED) is 0.743. The van der Waals surface area contributed by atoms with Gasteiger partial charge in [-0.1, -0.05) is 18.2 Å². The molecule has 0 radical (unpaired) electrons. The molecule has 28 heavy (non-hydrogen) atoms. The summed E-state index contributed by atoms with van der Waals surface area (Å²) in [5.74, 6) is 0.400. The van der Waals surface area contributed by atoms with Crippen LogP contribution >= 0.6 is 0 Å². The summed E-state index contributed by atoms with van der Waals surface area (Å²) in [6.45, 7) is 2.98. The average molecular weight is 382 g/mol. The first kappa shape index (κ1) is 18.7. The number of rotatable bonds is 4. The van der Waals surface area contributed by atoms with Gasteiger partial charge in [0.1, 0.15) is 11.6 Å². The summed E-state index contributed by atoms with van der Waals surface area (Å²) in [5.41, 5.74) is 2.62. The fraction of sp³-hybridized carbons (Fsp3) is 0.318. The number of ether oxygens (including phenoxy) is 2. The number of fused-ring (bicyclic) bond motifs is 3. The number of benzene rings is 2. The van der Waals surface area contributed by atoms with Gasteiger partial charge in [0.25, 0.3) is 5.56 Å². The fourth-order valence-electron chi connectivity index (χ4n) is 3.93. The minimum absolute atomic E-state index is 0.0642. The Labute approximate surface area is 162 Å². The first-order valence-corrected chi connectivity index (χ1v) is 9.27. The summed E-state index contributed by atoms with van der Waals surface area (Å²) in [5, 5.41) is 1.15. The number of hydrogen-bond donors (Lipinski definition) is 1. The van der Waals surface area contributed by atoms with Gasteiger partial charge >= 0.3 is 0 Å². The molecule has 0 aliphatic carbocycles. The highest BCUT2D eigenvalue weighted by atomic mass is 19.1. The molecule has 0 saturated heterocycles. The summed E-state index contributed by atoms with van der Waals surface area (Å²) in [7, 11) is 3.69. The molecular formula is C22H23FN2O3. The van der Waals surface area contributed by atoms with Gasteiger partial charge in [-0.15, -0.1) is 0 Å². The lowest BCUT2D eigenvalue weighted by Crippen LogP contribution is -2.35. The minimum Gasteiger partial charge on any atom is -0.497 e. The number of halogens is 1. The second-order valence-corrected chi connectivity index (χ2v) is 7.18. The summed E-state index contributed by atoms with van der Waals surface area (Å²) in [4.78, 5) is 17.5. The van der Waals surface area contributed by atoms with Crippen LogP contribution < -0.4 is 10.3 Å². The van der Waals surface area contributed by atoms with Crippen molar-refractivity contribution in [2.75, 3.05) is 20.8 Å². The summed E-state index contributed by atoms with van der Waals surface area (Å²) >= 11 is 0. The Hall–Kier alpha value is -2.70. The molecule has 0 fully saturated rings. The van der Waals surface area contributed by atoms with Gasteiger partial charge in [-0.3, -0.25) is 9.69 Å². The third-order valence-corrected chi connectivity index (χ3v) is 5.66. The first-order valence-electron chi connectivity index (χ1n) is 9.27. The highest BCUT2D eigenvalue weighted by molar-refractivity contribution is 5.86. The van der Waals surface area contributed by atoms with E-state index in [2.05, 4.69) is 16.8 Å². The molecule has 3 aromatic rings. The predicted octanol–water partition coefficient (Wildman–Crippen LogP) is 3.94. The molecule has 2 aromatic carbocycles. The maximum absolute atomic E-state index is 13.7. The van der Waals surface area contributed by atoms with Crippen LogP contribution in [0.3, 0.4) is 0 Å². The van der Waals surface area contributed by atoms with Crippen LogP contribution in [0, 0.1) is 5.82 Å². The van der Waals surface area contributed by atoms with Gasteiger partial charge in [0.15, 0.2) is 0 Å². The van der Waals surface area contributed by atoms with Gasteiger partial charge in [-0.05, 0) is 49.2 Å². The van der Waals surface area contributed by atoms with Crippen LogP contribution in [0.25, 0.3) is 10.8 Å². The zero-order chi connectivity index (χ0) is 19.8. The number of aromatic amines is 1. The van der Waals surface area contributed by atoms with Gasteiger partial charge in [0.2, 0.25) is 0 Å². The van der Waals surface area contributed by atoms with Crippen LogP contribution in [0.4, 0.5) is 4.39 Å². The monoisotopic (exact) mass is 382 g/mol. The molecule has 1 aliphatic rings. The molecule has 4 rings (SSSR count). The van der Waals surface area contributed by atoms with E-state index in [-0.39, 0.29) is 17.6 Å². The zero-order valence-corrected chi connectivity index (χ0v) is 16.2. The van der Waals surface area contributed by atoms with Crippen LogP contribution in [0.15, 0.2) is 47.3 Å². The van der Waals surface area contributed by atoms with E-state index in [9.17, 15) is 9.18 Å². The molecular weight excluding hydrogens is 359 g/mol. The Kier molecular flexibility index (Phi) is 4.91. The van der Waals surface area contributed by atoms with E-state index in [1.54, 1.807) is 13.2 Å². The second kappa shape index (κ2) is 7.37. The number of pyridine rings is 1. The van der Waals surface area contributed by atoms with Crippen LogP contribution in [0.2, 0.25) is 0 Å². The van der Waals surface area contributed by atoms with Crippen molar-refractivity contribution in [1.29, 1.82) is 0 Å². The number of H-pyrrole nitrogens is 1. The number of nitrogens with zero attached hydrogens (tertiary/aromatic N) is 1. The number of aromatic nitrogens is 1. The largest absolute Gasteiger partial charge is 0.497 e. The molecule has 0 saturated carbocycles. The molecule has 1 N–H and O–H groups in total. The lowest BCUT2D eigenvalue weighted by molar-refractivity contribution is 0.0272. The van der Waals surface area contributed by atoms with Gasteiger partial charge in [-0.25, -0.2) is 4.39 Å². The molecule has 2 heterocycles. The highest BCUT2D eigenvalue weighted by Crippen LogP contribution is 2.37. The smallest absolute Gasteiger partial charge is 0.256 e. The van der Waals surface area contributed by atoms with Crippen LogP contribution in [-0.4, -0.2) is 30.6 Å². The topological polar surface area (TPSA) is 54.6 Å². The van der Waals surface area contributed by atoms with Gasteiger partial charge < -0.3 is 14.5 Å². The van der Waals surface area contributed by atoms with E-state index in [4.69, 9.17) is 9.47 Å². The Morgan fingerprint density at radius 2 is 1.96 bits per heavy atom. The number of hydrogen-bond acceptors (Lipinski definition) is 4. The molecule has 1 aliphatic heterocycles. The molecule has 1 aromatic heterocycles. The highest BCUT2D eigenvalue weighted by Gasteiger charge is 2.30. The van der Waals surface area contributed by atoms with Crippen molar-refractivity contribution in [3.8, 4) is 5.75 Å². The van der Waals surface area contributed by atoms with Gasteiger partial charge in [0, 0.05) is 17.3 Å². The van der Waals surface area contributed by atoms with Gasteiger partial charge in [0.05, 0.1) is 31.8 Å². The normalized spacial score (nSPS) is 17.5. The number of methoxy groups -OCH3 is 1. The van der Waals surface area contributed by atoms with E-state index in [1.165, 1.54) is 12.1 Å². The third-order valence-electron chi connectivity index (χ3n) is 5.66.